The van der Waals surface area contributed by atoms with Crippen molar-refractivity contribution in [3.8, 4) is 5.75 Å². The van der Waals surface area contributed by atoms with Crippen molar-refractivity contribution >= 4 is 0 Å². The average Bonchev–Trinajstić information content (AvgIpc) is 1.94. The second kappa shape index (κ2) is 9.66. The van der Waals surface area contributed by atoms with Gasteiger partial charge in [-0.25, -0.2) is 0 Å². The molecular formula is C8H11KO. The third kappa shape index (κ3) is 6.77. The van der Waals surface area contributed by atoms with E-state index in [-0.39, 0.29) is 57.1 Å². The third-order valence-corrected chi connectivity index (χ3v) is 0.743. The summed E-state index contributed by atoms with van der Waals surface area (Å²) in [6.07, 6.45) is 0. The van der Waals surface area contributed by atoms with Gasteiger partial charge in [0.15, 0.2) is 0 Å². The summed E-state index contributed by atoms with van der Waals surface area (Å²) in [5.74, 6) is 0.0718. The maximum absolute atomic E-state index is 10.3. The topological polar surface area (TPSA) is 23.1 Å². The van der Waals surface area contributed by atoms with Gasteiger partial charge in [0.25, 0.3) is 0 Å². The SMILES string of the molecule is CC.[K+].[O-]c1ccccc1. The zero-order valence-electron chi connectivity index (χ0n) is 6.79. The summed E-state index contributed by atoms with van der Waals surface area (Å²) < 4.78 is 0. The van der Waals surface area contributed by atoms with Gasteiger partial charge in [0.1, 0.15) is 0 Å². The van der Waals surface area contributed by atoms with E-state index in [4.69, 9.17) is 0 Å². The third-order valence-electron chi connectivity index (χ3n) is 0.743. The maximum atomic E-state index is 10.3. The number of hydrogen-bond donors (Lipinski definition) is 0. The van der Waals surface area contributed by atoms with Gasteiger partial charge in [0.05, 0.1) is 0 Å². The number of rotatable bonds is 0. The first kappa shape index (κ1) is 13.3. The molecule has 0 aliphatic carbocycles. The van der Waals surface area contributed by atoms with Crippen molar-refractivity contribution in [1.29, 1.82) is 0 Å². The van der Waals surface area contributed by atoms with E-state index < -0.39 is 0 Å². The Morgan fingerprint density at radius 1 is 1.00 bits per heavy atom. The second-order valence-electron chi connectivity index (χ2n) is 1.31. The minimum Gasteiger partial charge on any atom is -0.872 e. The molecule has 0 atom stereocenters. The molecule has 0 aliphatic heterocycles. The van der Waals surface area contributed by atoms with Crippen molar-refractivity contribution in [2.24, 2.45) is 0 Å². The van der Waals surface area contributed by atoms with Crippen LogP contribution in [-0.4, -0.2) is 0 Å². The van der Waals surface area contributed by atoms with Crippen LogP contribution < -0.4 is 56.5 Å². The predicted molar refractivity (Wildman–Crippen MR) is 37.2 cm³/mol. The molecule has 10 heavy (non-hydrogen) atoms. The average molecular weight is 162 g/mol. The molecule has 0 heterocycles. The van der Waals surface area contributed by atoms with E-state index in [1.54, 1.807) is 12.1 Å². The van der Waals surface area contributed by atoms with Crippen molar-refractivity contribution in [2.75, 3.05) is 0 Å². The Labute approximate surface area is 105 Å². The Bertz CT molecular complexity index is 139. The Balaban J connectivity index is 0. The van der Waals surface area contributed by atoms with Gasteiger partial charge in [-0.2, -0.15) is 0 Å². The molecule has 0 bridgehead atoms. The van der Waals surface area contributed by atoms with Gasteiger partial charge in [0, 0.05) is 0 Å². The molecule has 0 radical (unpaired) electrons. The van der Waals surface area contributed by atoms with Crippen LogP contribution in [0.2, 0.25) is 0 Å². The summed E-state index contributed by atoms with van der Waals surface area (Å²) >= 11 is 0. The molecule has 0 aromatic heterocycles. The molecule has 0 amide bonds. The van der Waals surface area contributed by atoms with Crippen LogP contribution in [0.15, 0.2) is 30.3 Å². The van der Waals surface area contributed by atoms with Crippen LogP contribution in [0.25, 0.3) is 0 Å². The van der Waals surface area contributed by atoms with Gasteiger partial charge in [-0.05, 0) is 0 Å². The van der Waals surface area contributed by atoms with Crippen LogP contribution in [0.5, 0.6) is 5.75 Å². The molecular weight excluding hydrogens is 151 g/mol. The molecule has 1 aromatic rings. The molecule has 0 unspecified atom stereocenters. The van der Waals surface area contributed by atoms with E-state index in [0.717, 1.165) is 0 Å². The normalized spacial score (nSPS) is 6.60. The van der Waals surface area contributed by atoms with Gasteiger partial charge in [0.2, 0.25) is 0 Å². The fraction of sp³-hybridized carbons (Fsp3) is 0.250. The van der Waals surface area contributed by atoms with E-state index in [0.29, 0.717) is 0 Å². The van der Waals surface area contributed by atoms with Gasteiger partial charge >= 0.3 is 51.4 Å². The smallest absolute Gasteiger partial charge is 0.872 e. The van der Waals surface area contributed by atoms with E-state index in [1.165, 1.54) is 12.1 Å². The van der Waals surface area contributed by atoms with E-state index in [9.17, 15) is 5.11 Å². The number of para-hydroxylation sites is 1. The van der Waals surface area contributed by atoms with Crippen LogP contribution in [0.3, 0.4) is 0 Å². The van der Waals surface area contributed by atoms with E-state index in [1.807, 2.05) is 19.9 Å². The minimum absolute atomic E-state index is 0. The quantitative estimate of drug-likeness (QED) is 0.439. The first-order valence-corrected chi connectivity index (χ1v) is 3.11. The molecule has 1 nitrogen and oxygen atoms in total. The first-order valence-electron chi connectivity index (χ1n) is 3.11. The summed E-state index contributed by atoms with van der Waals surface area (Å²) in [6, 6.07) is 8.33. The summed E-state index contributed by atoms with van der Waals surface area (Å²) in [7, 11) is 0. The summed E-state index contributed by atoms with van der Waals surface area (Å²) in [5, 5.41) is 10.3. The van der Waals surface area contributed by atoms with E-state index >= 15 is 0 Å². The molecule has 0 spiro atoms. The Morgan fingerprint density at radius 3 is 1.60 bits per heavy atom. The summed E-state index contributed by atoms with van der Waals surface area (Å²) in [4.78, 5) is 0. The predicted octanol–water partition coefficient (Wildman–Crippen LogP) is -1.21. The van der Waals surface area contributed by atoms with Crippen LogP contribution in [-0.2, 0) is 0 Å². The summed E-state index contributed by atoms with van der Waals surface area (Å²) in [5.41, 5.74) is 0. The monoisotopic (exact) mass is 162 g/mol. The standard InChI is InChI=1S/C6H6O.C2H6.K/c7-6-4-2-1-3-5-6;1-2;/h1-5,7H;1-2H3;/q;;+1/p-1. The molecule has 1 aromatic carbocycles. The Hall–Kier alpha value is 0.656. The number of hydrogen-bond acceptors (Lipinski definition) is 1. The minimum atomic E-state index is 0. The molecule has 0 fully saturated rings. The molecule has 1 rings (SSSR count). The van der Waals surface area contributed by atoms with Crippen molar-refractivity contribution in [3.05, 3.63) is 30.3 Å². The Morgan fingerprint density at radius 2 is 1.40 bits per heavy atom. The number of benzene rings is 1. The Kier molecular flexibility index (Phi) is 12.8. The molecule has 2 heteroatoms. The fourth-order valence-electron chi connectivity index (χ4n) is 0.420. The van der Waals surface area contributed by atoms with Gasteiger partial charge in [-0.1, -0.05) is 44.2 Å². The van der Waals surface area contributed by atoms with Crippen molar-refractivity contribution in [3.63, 3.8) is 0 Å². The molecule has 50 valence electrons. The molecule has 0 saturated heterocycles. The molecule has 0 aliphatic rings. The van der Waals surface area contributed by atoms with Crippen LogP contribution in [0.1, 0.15) is 13.8 Å². The van der Waals surface area contributed by atoms with Crippen molar-refractivity contribution < 1.29 is 56.5 Å². The van der Waals surface area contributed by atoms with Crippen LogP contribution in [0, 0.1) is 0 Å². The van der Waals surface area contributed by atoms with Gasteiger partial charge < -0.3 is 5.11 Å². The van der Waals surface area contributed by atoms with Crippen molar-refractivity contribution in [1.82, 2.24) is 0 Å². The summed E-state index contributed by atoms with van der Waals surface area (Å²) in [6.45, 7) is 4.00. The van der Waals surface area contributed by atoms with E-state index in [2.05, 4.69) is 0 Å². The molecule has 0 N–H and O–H groups in total. The van der Waals surface area contributed by atoms with Crippen molar-refractivity contribution in [2.45, 2.75) is 13.8 Å². The zero-order valence-corrected chi connectivity index (χ0v) is 9.92. The van der Waals surface area contributed by atoms with Gasteiger partial charge in [-0.15, -0.1) is 5.75 Å². The largest absolute Gasteiger partial charge is 1.00 e. The van der Waals surface area contributed by atoms with Gasteiger partial charge in [-0.3, -0.25) is 0 Å². The molecule has 0 saturated carbocycles. The fourth-order valence-corrected chi connectivity index (χ4v) is 0.420. The zero-order chi connectivity index (χ0) is 7.11. The van der Waals surface area contributed by atoms with Crippen LogP contribution >= 0.6 is 0 Å². The maximum Gasteiger partial charge on any atom is 1.00 e. The van der Waals surface area contributed by atoms with Crippen LogP contribution in [0.4, 0.5) is 0 Å². The first-order chi connectivity index (χ1) is 4.39. The second-order valence-corrected chi connectivity index (χ2v) is 1.31.